The largest absolute Gasteiger partial charge is 0.393 e. The van der Waals surface area contributed by atoms with Gasteiger partial charge in [-0.3, -0.25) is 4.99 Å². The number of aliphatic imine (C=N–C) groups is 1. The number of aliphatic hydroxyl groups is 2. The van der Waals surface area contributed by atoms with Crippen molar-refractivity contribution in [2.24, 2.45) is 39.5 Å². The molecule has 0 bridgehead atoms. The van der Waals surface area contributed by atoms with Crippen LogP contribution in [-0.2, 0) is 0 Å². The van der Waals surface area contributed by atoms with Crippen LogP contribution in [0.15, 0.2) is 28.3 Å². The first-order valence-electron chi connectivity index (χ1n) is 12.9. The minimum absolute atomic E-state index is 0.0774. The Bertz CT molecular complexity index is 780. The Kier molecular flexibility index (Phi) is 6.33. The fourth-order valence-electron chi connectivity index (χ4n) is 7.61. The zero-order chi connectivity index (χ0) is 22.6. The topological polar surface area (TPSA) is 52.8 Å². The summed E-state index contributed by atoms with van der Waals surface area (Å²) in [6.07, 6.45) is 9.91. The van der Waals surface area contributed by atoms with Gasteiger partial charge in [0.25, 0.3) is 0 Å². The predicted molar refractivity (Wildman–Crippen MR) is 129 cm³/mol. The molecule has 1 aliphatic heterocycles. The fourth-order valence-corrected chi connectivity index (χ4v) is 7.61. The summed E-state index contributed by atoms with van der Waals surface area (Å²) in [4.78, 5) is 4.95. The molecule has 3 heteroatoms. The monoisotopic (exact) mass is 427 g/mol. The van der Waals surface area contributed by atoms with E-state index >= 15 is 0 Å². The quantitative estimate of drug-likeness (QED) is 0.495. The van der Waals surface area contributed by atoms with Gasteiger partial charge in [0.2, 0.25) is 0 Å². The van der Waals surface area contributed by atoms with Crippen LogP contribution in [0.4, 0.5) is 0 Å². The van der Waals surface area contributed by atoms with Crippen LogP contribution in [0.5, 0.6) is 0 Å². The molecule has 2 N–H and O–H groups in total. The lowest BCUT2D eigenvalue weighted by Crippen LogP contribution is -2.51. The molecule has 7 atom stereocenters. The standard InChI is InChI=1S/C28H45NO2/c1-17(2)18(3)7-8-19(4)24-16-25(31)29-26-22-10-9-20-15-21(30)11-13-27(20,5)23(22)12-14-28(24,26)6/h17,19-21,24-25,30-31H,3,7-16H2,1-2,4-6H3/t19-,20+,21+,24-,25?,27+,28-/m1/s1. The maximum atomic E-state index is 10.8. The highest BCUT2D eigenvalue weighted by atomic mass is 16.3. The molecule has 31 heavy (non-hydrogen) atoms. The highest BCUT2D eigenvalue weighted by Gasteiger charge is 2.53. The molecule has 0 spiro atoms. The smallest absolute Gasteiger partial charge is 0.145 e. The lowest BCUT2D eigenvalue weighted by atomic mass is 9.50. The molecule has 0 aromatic heterocycles. The third-order valence-electron chi connectivity index (χ3n) is 9.96. The van der Waals surface area contributed by atoms with Gasteiger partial charge in [0.15, 0.2) is 0 Å². The first kappa shape index (κ1) is 23.2. The van der Waals surface area contributed by atoms with E-state index in [9.17, 15) is 10.2 Å². The average molecular weight is 428 g/mol. The van der Waals surface area contributed by atoms with E-state index in [4.69, 9.17) is 4.99 Å². The number of hydrogen-bond acceptors (Lipinski definition) is 3. The van der Waals surface area contributed by atoms with Crippen LogP contribution in [0.25, 0.3) is 0 Å². The normalized spacial score (nSPS) is 41.2. The van der Waals surface area contributed by atoms with E-state index in [1.807, 2.05) is 0 Å². The molecule has 1 unspecified atom stereocenters. The van der Waals surface area contributed by atoms with E-state index in [1.165, 1.54) is 23.3 Å². The average Bonchev–Trinajstić information content (AvgIpc) is 2.72. The van der Waals surface area contributed by atoms with E-state index in [-0.39, 0.29) is 16.9 Å². The van der Waals surface area contributed by atoms with Gasteiger partial charge in [-0.15, -0.1) is 0 Å². The Hall–Kier alpha value is -0.930. The number of nitrogens with zero attached hydrogens (tertiary/aromatic N) is 1. The molecule has 1 fully saturated rings. The maximum Gasteiger partial charge on any atom is 0.145 e. The van der Waals surface area contributed by atoms with Crippen molar-refractivity contribution in [3.63, 3.8) is 0 Å². The summed E-state index contributed by atoms with van der Waals surface area (Å²) in [6.45, 7) is 16.1. The molecular formula is C28H45NO2. The number of rotatable bonds is 5. The van der Waals surface area contributed by atoms with Gasteiger partial charge < -0.3 is 10.2 Å². The molecule has 1 heterocycles. The Balaban J connectivity index is 1.62. The van der Waals surface area contributed by atoms with Crippen molar-refractivity contribution in [3.05, 3.63) is 23.3 Å². The number of fused-ring (bicyclic) bond motifs is 4. The van der Waals surface area contributed by atoms with E-state index in [0.717, 1.165) is 57.8 Å². The highest BCUT2D eigenvalue weighted by molar-refractivity contribution is 6.06. The molecular weight excluding hydrogens is 382 g/mol. The Morgan fingerprint density at radius 2 is 1.81 bits per heavy atom. The second-order valence-electron chi connectivity index (χ2n) is 12.1. The summed E-state index contributed by atoms with van der Waals surface area (Å²) in [7, 11) is 0. The highest BCUT2D eigenvalue weighted by Crippen LogP contribution is 2.60. The van der Waals surface area contributed by atoms with Crippen molar-refractivity contribution in [1.82, 2.24) is 0 Å². The SMILES string of the molecule is C=C(CC[C@@H](C)[C@H]1CC(O)N=C2C3=C(CC[C@@]21C)[C@@]1(C)CC[C@H](O)C[C@@H]1CC3)C(C)C. The van der Waals surface area contributed by atoms with Gasteiger partial charge in [0, 0.05) is 11.1 Å². The van der Waals surface area contributed by atoms with Crippen molar-refractivity contribution in [2.45, 2.75) is 111 Å². The van der Waals surface area contributed by atoms with Crippen molar-refractivity contribution in [1.29, 1.82) is 0 Å². The van der Waals surface area contributed by atoms with Gasteiger partial charge >= 0.3 is 0 Å². The van der Waals surface area contributed by atoms with Crippen LogP contribution in [-0.4, -0.2) is 28.3 Å². The summed E-state index contributed by atoms with van der Waals surface area (Å²) < 4.78 is 0. The van der Waals surface area contributed by atoms with E-state index < -0.39 is 6.23 Å². The summed E-state index contributed by atoms with van der Waals surface area (Å²) >= 11 is 0. The summed E-state index contributed by atoms with van der Waals surface area (Å²) in [5.41, 5.74) is 6.01. The lowest BCUT2D eigenvalue weighted by molar-refractivity contribution is 0.0210. The van der Waals surface area contributed by atoms with Gasteiger partial charge in [-0.25, -0.2) is 0 Å². The van der Waals surface area contributed by atoms with E-state index in [0.29, 0.717) is 23.7 Å². The van der Waals surface area contributed by atoms with Crippen molar-refractivity contribution < 1.29 is 10.2 Å². The minimum atomic E-state index is -0.561. The number of allylic oxidation sites excluding steroid dienone is 3. The Morgan fingerprint density at radius 1 is 1.06 bits per heavy atom. The van der Waals surface area contributed by atoms with Crippen LogP contribution in [0, 0.1) is 34.5 Å². The molecule has 0 radical (unpaired) electrons. The van der Waals surface area contributed by atoms with Crippen LogP contribution in [0.3, 0.4) is 0 Å². The van der Waals surface area contributed by atoms with E-state index in [2.05, 4.69) is 41.2 Å². The first-order valence-corrected chi connectivity index (χ1v) is 12.9. The van der Waals surface area contributed by atoms with Gasteiger partial charge in [-0.1, -0.05) is 52.3 Å². The number of hydrogen-bond donors (Lipinski definition) is 2. The summed E-state index contributed by atoms with van der Waals surface area (Å²) in [6, 6.07) is 0. The molecule has 3 aliphatic carbocycles. The van der Waals surface area contributed by atoms with Crippen LogP contribution < -0.4 is 0 Å². The van der Waals surface area contributed by atoms with Gasteiger partial charge in [0.05, 0.1) is 6.10 Å². The number of aliphatic hydroxyl groups excluding tert-OH is 2. The summed E-state index contributed by atoms with van der Waals surface area (Å²) in [5.74, 6) is 2.18. The van der Waals surface area contributed by atoms with Crippen LogP contribution in [0.1, 0.15) is 98.8 Å². The van der Waals surface area contributed by atoms with Gasteiger partial charge in [-0.05, 0) is 98.9 Å². The maximum absolute atomic E-state index is 10.8. The molecule has 0 saturated heterocycles. The molecule has 3 nitrogen and oxygen atoms in total. The minimum Gasteiger partial charge on any atom is -0.393 e. The molecule has 0 aromatic rings. The zero-order valence-electron chi connectivity index (χ0n) is 20.6. The molecule has 4 rings (SSSR count). The predicted octanol–water partition coefficient (Wildman–Crippen LogP) is 6.45. The lowest BCUT2D eigenvalue weighted by Gasteiger charge is -2.55. The molecule has 4 aliphatic rings. The fraction of sp³-hybridized carbons (Fsp3) is 0.821. The van der Waals surface area contributed by atoms with Crippen molar-refractivity contribution in [3.8, 4) is 0 Å². The molecule has 0 amide bonds. The Labute approximate surface area is 190 Å². The second kappa shape index (κ2) is 8.45. The van der Waals surface area contributed by atoms with Crippen LogP contribution >= 0.6 is 0 Å². The van der Waals surface area contributed by atoms with E-state index in [1.54, 1.807) is 5.57 Å². The molecule has 174 valence electrons. The zero-order valence-corrected chi connectivity index (χ0v) is 20.6. The molecule has 0 aromatic carbocycles. The third kappa shape index (κ3) is 3.99. The summed E-state index contributed by atoms with van der Waals surface area (Å²) in [5, 5.41) is 21.1. The Morgan fingerprint density at radius 3 is 2.52 bits per heavy atom. The van der Waals surface area contributed by atoms with Crippen molar-refractivity contribution >= 4 is 5.71 Å². The second-order valence-corrected chi connectivity index (χ2v) is 12.1. The van der Waals surface area contributed by atoms with Gasteiger partial charge in [-0.2, -0.15) is 0 Å². The van der Waals surface area contributed by atoms with Crippen molar-refractivity contribution in [2.75, 3.05) is 0 Å². The molecule has 1 saturated carbocycles. The van der Waals surface area contributed by atoms with Crippen LogP contribution in [0.2, 0.25) is 0 Å². The van der Waals surface area contributed by atoms with Gasteiger partial charge in [0.1, 0.15) is 6.23 Å². The first-order chi connectivity index (χ1) is 14.6. The third-order valence-corrected chi connectivity index (χ3v) is 9.96.